The lowest BCUT2D eigenvalue weighted by Crippen LogP contribution is -2.33. The summed E-state index contributed by atoms with van der Waals surface area (Å²) in [6, 6.07) is 14.6. The molecule has 1 aliphatic carbocycles. The zero-order chi connectivity index (χ0) is 27.1. The molecule has 202 valence electrons. The smallest absolute Gasteiger partial charge is 0.267 e. The minimum absolute atomic E-state index is 0.0864. The fourth-order valence-corrected chi connectivity index (χ4v) is 5.60. The second kappa shape index (κ2) is 12.9. The Morgan fingerprint density at radius 1 is 1.13 bits per heavy atom. The molecule has 0 spiro atoms. The molecule has 0 saturated heterocycles. The van der Waals surface area contributed by atoms with E-state index in [9.17, 15) is 14.7 Å². The van der Waals surface area contributed by atoms with E-state index in [1.54, 1.807) is 11.6 Å². The third-order valence-corrected chi connectivity index (χ3v) is 7.54. The molecule has 0 radical (unpaired) electrons. The number of aliphatic hydroxyl groups excluding tert-OH is 1. The van der Waals surface area contributed by atoms with Crippen LogP contribution in [0.3, 0.4) is 0 Å². The second-order valence-electron chi connectivity index (χ2n) is 9.70. The van der Waals surface area contributed by atoms with Gasteiger partial charge in [-0.3, -0.25) is 19.7 Å². The third-order valence-electron chi connectivity index (χ3n) is 7.54. The Kier molecular flexibility index (Phi) is 9.33. The molecule has 2 amide bonds. The van der Waals surface area contributed by atoms with Crippen LogP contribution in [0.5, 0.6) is 0 Å². The van der Waals surface area contributed by atoms with Gasteiger partial charge < -0.3 is 14.6 Å². The number of hydrogen-bond acceptors (Lipinski definition) is 5. The maximum absolute atomic E-state index is 12.8. The van der Waals surface area contributed by atoms with Crippen molar-refractivity contribution in [3.8, 4) is 0 Å². The van der Waals surface area contributed by atoms with Gasteiger partial charge in [0.15, 0.2) is 0 Å². The molecular formula is C30H38N4O4. The van der Waals surface area contributed by atoms with Gasteiger partial charge in [-0.25, -0.2) is 5.48 Å². The number of amides is 2. The number of aromatic nitrogens is 1. The minimum Gasteiger partial charge on any atom is -0.395 e. The molecule has 3 N–H and O–H groups in total. The normalized spacial score (nSPS) is 14.9. The number of para-hydroxylation sites is 1. The molecule has 1 aromatic heterocycles. The first-order valence-electron chi connectivity index (χ1n) is 13.4. The van der Waals surface area contributed by atoms with Gasteiger partial charge in [0, 0.05) is 55.4 Å². The van der Waals surface area contributed by atoms with Crippen molar-refractivity contribution in [1.29, 1.82) is 0 Å². The van der Waals surface area contributed by atoms with E-state index in [1.807, 2.05) is 36.9 Å². The highest BCUT2D eigenvalue weighted by Gasteiger charge is 2.28. The zero-order valence-electron chi connectivity index (χ0n) is 22.3. The molecule has 8 nitrogen and oxygen atoms in total. The number of nitrogens with zero attached hydrogens (tertiary/aromatic N) is 3. The summed E-state index contributed by atoms with van der Waals surface area (Å²) in [7, 11) is 0. The number of carbonyl (C=O) groups is 2. The lowest BCUT2D eigenvalue weighted by Gasteiger charge is -2.29. The molecule has 1 heterocycles. The molecule has 0 fully saturated rings. The Morgan fingerprint density at radius 2 is 1.92 bits per heavy atom. The molecule has 0 aliphatic heterocycles. The van der Waals surface area contributed by atoms with Gasteiger partial charge in [-0.2, -0.15) is 0 Å². The summed E-state index contributed by atoms with van der Waals surface area (Å²) in [6.45, 7) is 7.21. The second-order valence-corrected chi connectivity index (χ2v) is 9.70. The first-order chi connectivity index (χ1) is 18.5. The highest BCUT2D eigenvalue weighted by Crippen LogP contribution is 2.36. The summed E-state index contributed by atoms with van der Waals surface area (Å²) < 4.78 is 2.07. The number of benzene rings is 2. The molecule has 3 aromatic rings. The van der Waals surface area contributed by atoms with Crippen molar-refractivity contribution in [3.63, 3.8) is 0 Å². The molecular weight excluding hydrogens is 480 g/mol. The van der Waals surface area contributed by atoms with Crippen molar-refractivity contribution in [1.82, 2.24) is 19.8 Å². The Hall–Kier alpha value is -3.46. The Labute approximate surface area is 224 Å². The van der Waals surface area contributed by atoms with Gasteiger partial charge >= 0.3 is 0 Å². The van der Waals surface area contributed by atoms with Crippen LogP contribution in [0.25, 0.3) is 17.0 Å². The van der Waals surface area contributed by atoms with Gasteiger partial charge in [-0.1, -0.05) is 36.4 Å². The van der Waals surface area contributed by atoms with E-state index in [0.717, 1.165) is 36.9 Å². The average molecular weight is 519 g/mol. The van der Waals surface area contributed by atoms with Crippen LogP contribution in [0.1, 0.15) is 48.6 Å². The number of hydroxylamine groups is 1. The number of hydrogen-bond donors (Lipinski definition) is 3. The van der Waals surface area contributed by atoms with E-state index >= 15 is 0 Å². The zero-order valence-corrected chi connectivity index (χ0v) is 22.3. The largest absolute Gasteiger partial charge is 0.395 e. The van der Waals surface area contributed by atoms with Gasteiger partial charge in [0.25, 0.3) is 5.91 Å². The summed E-state index contributed by atoms with van der Waals surface area (Å²) in [6.07, 6.45) is 7.83. The first kappa shape index (κ1) is 27.6. The van der Waals surface area contributed by atoms with E-state index in [2.05, 4.69) is 39.9 Å². The SMILES string of the molecule is CCN(CC)C(=O)Cn1cc(CCN(CCO)C2CCc3cc(/C=C/C(=O)NO)ccc32)c2ccccc21. The molecule has 0 saturated carbocycles. The summed E-state index contributed by atoms with van der Waals surface area (Å²) in [5, 5.41) is 19.7. The standard InChI is InChI=1S/C30H38N4O4/c1-3-32(4-2)30(37)21-34-20-24(25-7-5-6-8-27(25)34)15-16-33(17-18-35)28-13-11-23-19-22(9-12-26(23)28)10-14-29(36)31-38/h5-10,12,14,19-20,28,35,38H,3-4,11,13,15-18,21H2,1-2H3,(H,31,36)/b14-10+. The van der Waals surface area contributed by atoms with Gasteiger partial charge in [0.2, 0.25) is 5.91 Å². The van der Waals surface area contributed by atoms with Crippen molar-refractivity contribution < 1.29 is 19.9 Å². The average Bonchev–Trinajstić information content (AvgIpc) is 3.51. The van der Waals surface area contributed by atoms with E-state index in [4.69, 9.17) is 5.21 Å². The lowest BCUT2D eigenvalue weighted by atomic mass is 10.0. The minimum atomic E-state index is -0.559. The number of rotatable bonds is 12. The maximum Gasteiger partial charge on any atom is 0.267 e. The Balaban J connectivity index is 1.51. The van der Waals surface area contributed by atoms with Gasteiger partial charge in [0.1, 0.15) is 6.54 Å². The van der Waals surface area contributed by atoms with Crippen LogP contribution in [0.15, 0.2) is 54.7 Å². The fraction of sp³-hybridized carbons (Fsp3) is 0.400. The highest BCUT2D eigenvalue weighted by atomic mass is 16.5. The summed E-state index contributed by atoms with van der Waals surface area (Å²) in [4.78, 5) is 28.3. The Bertz CT molecular complexity index is 1290. The number of aliphatic hydroxyl groups is 1. The van der Waals surface area contributed by atoms with Crippen molar-refractivity contribution >= 4 is 28.8 Å². The van der Waals surface area contributed by atoms with Crippen LogP contribution in [0, 0.1) is 0 Å². The van der Waals surface area contributed by atoms with Crippen molar-refractivity contribution in [2.24, 2.45) is 0 Å². The molecule has 38 heavy (non-hydrogen) atoms. The van der Waals surface area contributed by atoms with Crippen LogP contribution in [-0.2, 0) is 29.0 Å². The van der Waals surface area contributed by atoms with E-state index in [1.165, 1.54) is 28.2 Å². The third kappa shape index (κ3) is 6.15. The molecule has 8 heteroatoms. The predicted octanol–water partition coefficient (Wildman–Crippen LogP) is 3.55. The van der Waals surface area contributed by atoms with Crippen LogP contribution in [-0.4, -0.2) is 69.3 Å². The van der Waals surface area contributed by atoms with Crippen LogP contribution < -0.4 is 5.48 Å². The van der Waals surface area contributed by atoms with E-state index < -0.39 is 5.91 Å². The maximum atomic E-state index is 12.8. The van der Waals surface area contributed by atoms with Crippen LogP contribution in [0.2, 0.25) is 0 Å². The lowest BCUT2D eigenvalue weighted by molar-refractivity contribution is -0.131. The molecule has 1 unspecified atom stereocenters. The Morgan fingerprint density at radius 3 is 2.66 bits per heavy atom. The summed E-state index contributed by atoms with van der Waals surface area (Å²) in [5.41, 5.74) is 7.30. The van der Waals surface area contributed by atoms with Crippen molar-refractivity contribution in [2.45, 2.75) is 45.7 Å². The van der Waals surface area contributed by atoms with E-state index in [-0.39, 0.29) is 18.6 Å². The summed E-state index contributed by atoms with van der Waals surface area (Å²) in [5.74, 6) is -0.436. The molecule has 4 rings (SSSR count). The number of fused-ring (bicyclic) bond motifs is 2. The number of nitrogens with one attached hydrogen (secondary N) is 1. The number of aryl methyl sites for hydroxylation is 1. The number of carbonyl (C=O) groups excluding carboxylic acids is 2. The quantitative estimate of drug-likeness (QED) is 0.194. The molecule has 2 aromatic carbocycles. The number of likely N-dealkylation sites (N-methyl/N-ethyl adjacent to an activating group) is 1. The first-order valence-corrected chi connectivity index (χ1v) is 13.4. The highest BCUT2D eigenvalue weighted by molar-refractivity contribution is 5.90. The van der Waals surface area contributed by atoms with Crippen LogP contribution >= 0.6 is 0 Å². The van der Waals surface area contributed by atoms with Gasteiger partial charge in [-0.05, 0) is 67.5 Å². The molecule has 0 bridgehead atoms. The predicted molar refractivity (Wildman–Crippen MR) is 149 cm³/mol. The van der Waals surface area contributed by atoms with Crippen molar-refractivity contribution in [2.75, 3.05) is 32.8 Å². The molecule has 1 aliphatic rings. The monoisotopic (exact) mass is 518 g/mol. The van der Waals surface area contributed by atoms with E-state index in [0.29, 0.717) is 26.2 Å². The fourth-order valence-electron chi connectivity index (χ4n) is 5.60. The molecule has 1 atom stereocenters. The van der Waals surface area contributed by atoms with Crippen LogP contribution in [0.4, 0.5) is 0 Å². The summed E-state index contributed by atoms with van der Waals surface area (Å²) >= 11 is 0. The van der Waals surface area contributed by atoms with Gasteiger partial charge in [0.05, 0.1) is 6.61 Å². The van der Waals surface area contributed by atoms with Crippen molar-refractivity contribution in [3.05, 3.63) is 77.0 Å². The topological polar surface area (TPSA) is 98.0 Å². The van der Waals surface area contributed by atoms with Gasteiger partial charge in [-0.15, -0.1) is 0 Å².